The number of aromatic nitrogens is 2. The van der Waals surface area contributed by atoms with Gasteiger partial charge in [0.05, 0.1) is 0 Å². The Morgan fingerprint density at radius 1 is 1.28 bits per heavy atom. The maximum absolute atomic E-state index is 12.1. The second-order valence-corrected chi connectivity index (χ2v) is 5.11. The van der Waals surface area contributed by atoms with Crippen LogP contribution in [0.25, 0.3) is 0 Å². The lowest BCUT2D eigenvalue weighted by Crippen LogP contribution is -2.35. The zero-order valence-corrected chi connectivity index (χ0v) is 11.2. The van der Waals surface area contributed by atoms with Crippen molar-refractivity contribution in [3.05, 3.63) is 12.3 Å². The van der Waals surface area contributed by atoms with Gasteiger partial charge in [0.25, 0.3) is 0 Å². The van der Waals surface area contributed by atoms with Gasteiger partial charge < -0.3 is 4.90 Å². The van der Waals surface area contributed by atoms with Gasteiger partial charge in [0.2, 0.25) is 0 Å². The maximum Gasteiger partial charge on any atom is 0.323 e. The summed E-state index contributed by atoms with van der Waals surface area (Å²) in [5.74, 6) is 0.637. The minimum atomic E-state index is -0.0223. The molecule has 1 aliphatic rings. The summed E-state index contributed by atoms with van der Waals surface area (Å²) in [4.78, 5) is 14.0. The Morgan fingerprint density at radius 2 is 1.94 bits per heavy atom. The van der Waals surface area contributed by atoms with E-state index in [1.165, 1.54) is 12.8 Å². The third-order valence-corrected chi connectivity index (χ3v) is 3.27. The fourth-order valence-electron chi connectivity index (χ4n) is 2.15. The van der Waals surface area contributed by atoms with Crippen LogP contribution in [-0.2, 0) is 0 Å². The molecule has 1 N–H and O–H groups in total. The smallest absolute Gasteiger partial charge is 0.323 e. The van der Waals surface area contributed by atoms with Gasteiger partial charge in [-0.3, -0.25) is 10.00 Å². The molecule has 18 heavy (non-hydrogen) atoms. The van der Waals surface area contributed by atoms with Crippen LogP contribution in [0.2, 0.25) is 0 Å². The summed E-state index contributed by atoms with van der Waals surface area (Å²) in [5, 5.41) is 7.20. The zero-order chi connectivity index (χ0) is 13.0. The van der Waals surface area contributed by atoms with E-state index in [0.717, 1.165) is 25.9 Å². The number of amides is 2. The molecular weight excluding hydrogens is 228 g/mol. The SMILES string of the molecule is CC(C)n1ccc(NC(=O)N2CCCCCC2)n1. The predicted molar refractivity (Wildman–Crippen MR) is 71.7 cm³/mol. The number of hydrogen-bond acceptors (Lipinski definition) is 2. The van der Waals surface area contributed by atoms with Crippen LogP contribution in [0.1, 0.15) is 45.6 Å². The van der Waals surface area contributed by atoms with E-state index < -0.39 is 0 Å². The van der Waals surface area contributed by atoms with Gasteiger partial charge >= 0.3 is 6.03 Å². The number of carbonyl (C=O) groups is 1. The molecule has 0 saturated carbocycles. The third-order valence-electron chi connectivity index (χ3n) is 3.27. The van der Waals surface area contributed by atoms with Crippen molar-refractivity contribution < 1.29 is 4.79 Å². The van der Waals surface area contributed by atoms with Crippen LogP contribution in [0.15, 0.2) is 12.3 Å². The fourth-order valence-corrected chi connectivity index (χ4v) is 2.15. The van der Waals surface area contributed by atoms with Crippen LogP contribution in [0.4, 0.5) is 10.6 Å². The quantitative estimate of drug-likeness (QED) is 0.877. The highest BCUT2D eigenvalue weighted by molar-refractivity contribution is 5.88. The number of likely N-dealkylation sites (tertiary alicyclic amines) is 1. The number of nitrogens with zero attached hydrogens (tertiary/aromatic N) is 3. The molecule has 0 atom stereocenters. The van der Waals surface area contributed by atoms with Crippen molar-refractivity contribution in [3.8, 4) is 0 Å². The lowest BCUT2D eigenvalue weighted by atomic mass is 10.2. The number of urea groups is 1. The largest absolute Gasteiger partial charge is 0.325 e. The van der Waals surface area contributed by atoms with Crippen LogP contribution >= 0.6 is 0 Å². The minimum Gasteiger partial charge on any atom is -0.325 e. The molecule has 1 aliphatic heterocycles. The molecule has 2 heterocycles. The average molecular weight is 250 g/mol. The summed E-state index contributed by atoms with van der Waals surface area (Å²) in [7, 11) is 0. The Morgan fingerprint density at radius 3 is 2.50 bits per heavy atom. The van der Waals surface area contributed by atoms with Gasteiger partial charge in [0.15, 0.2) is 5.82 Å². The molecular formula is C13H22N4O. The predicted octanol–water partition coefficient (Wildman–Crippen LogP) is 2.87. The van der Waals surface area contributed by atoms with Crippen LogP contribution in [0.3, 0.4) is 0 Å². The molecule has 0 aromatic carbocycles. The minimum absolute atomic E-state index is 0.0223. The highest BCUT2D eigenvalue weighted by Gasteiger charge is 2.16. The molecule has 2 amide bonds. The van der Waals surface area contributed by atoms with E-state index in [9.17, 15) is 4.79 Å². The van der Waals surface area contributed by atoms with Gasteiger partial charge in [-0.05, 0) is 26.7 Å². The highest BCUT2D eigenvalue weighted by atomic mass is 16.2. The summed E-state index contributed by atoms with van der Waals surface area (Å²) in [5.41, 5.74) is 0. The van der Waals surface area contributed by atoms with E-state index in [1.807, 2.05) is 21.8 Å². The normalized spacial score (nSPS) is 16.7. The molecule has 5 nitrogen and oxygen atoms in total. The van der Waals surface area contributed by atoms with Crippen LogP contribution in [0, 0.1) is 0 Å². The standard InChI is InChI=1S/C13H22N4O/c1-11(2)17-10-7-12(15-17)14-13(18)16-8-5-3-4-6-9-16/h7,10-11H,3-6,8-9H2,1-2H3,(H,14,15,18). The molecule has 1 fully saturated rings. The zero-order valence-electron chi connectivity index (χ0n) is 11.2. The maximum atomic E-state index is 12.1. The summed E-state index contributed by atoms with van der Waals surface area (Å²) in [6.07, 6.45) is 6.56. The third kappa shape index (κ3) is 3.24. The topological polar surface area (TPSA) is 50.2 Å². The van der Waals surface area contributed by atoms with Crippen molar-refractivity contribution in [1.29, 1.82) is 0 Å². The molecule has 5 heteroatoms. The molecule has 0 unspecified atom stereocenters. The van der Waals surface area contributed by atoms with Crippen molar-refractivity contribution >= 4 is 11.8 Å². The Kier molecular flexibility index (Phi) is 4.23. The Labute approximate surface area is 108 Å². The van der Waals surface area contributed by atoms with E-state index >= 15 is 0 Å². The highest BCUT2D eigenvalue weighted by Crippen LogP contribution is 2.12. The summed E-state index contributed by atoms with van der Waals surface area (Å²) in [6.45, 7) is 5.84. The van der Waals surface area contributed by atoms with Gasteiger partial charge in [0.1, 0.15) is 0 Å². The summed E-state index contributed by atoms with van der Waals surface area (Å²) < 4.78 is 1.85. The number of carbonyl (C=O) groups excluding carboxylic acids is 1. The molecule has 0 aliphatic carbocycles. The van der Waals surface area contributed by atoms with E-state index in [0.29, 0.717) is 11.9 Å². The molecule has 1 aromatic rings. The second-order valence-electron chi connectivity index (χ2n) is 5.11. The van der Waals surface area contributed by atoms with E-state index in [1.54, 1.807) is 0 Å². The molecule has 0 radical (unpaired) electrons. The van der Waals surface area contributed by atoms with Crippen molar-refractivity contribution in [2.24, 2.45) is 0 Å². The monoisotopic (exact) mass is 250 g/mol. The lowest BCUT2D eigenvalue weighted by molar-refractivity contribution is 0.213. The van der Waals surface area contributed by atoms with E-state index in [2.05, 4.69) is 24.3 Å². The average Bonchev–Trinajstić information content (AvgIpc) is 2.64. The Bertz CT molecular complexity index is 391. The second kappa shape index (κ2) is 5.89. The molecule has 0 bridgehead atoms. The Hall–Kier alpha value is -1.52. The summed E-state index contributed by atoms with van der Waals surface area (Å²) >= 11 is 0. The van der Waals surface area contributed by atoms with Gasteiger partial charge in [-0.2, -0.15) is 5.10 Å². The fraction of sp³-hybridized carbons (Fsp3) is 0.692. The molecule has 0 spiro atoms. The van der Waals surface area contributed by atoms with Crippen molar-refractivity contribution in [2.45, 2.75) is 45.6 Å². The molecule has 1 saturated heterocycles. The van der Waals surface area contributed by atoms with Crippen molar-refractivity contribution in [2.75, 3.05) is 18.4 Å². The van der Waals surface area contributed by atoms with Gasteiger partial charge in [-0.25, -0.2) is 4.79 Å². The van der Waals surface area contributed by atoms with Crippen LogP contribution in [-0.4, -0.2) is 33.8 Å². The number of anilines is 1. The Balaban J connectivity index is 1.92. The molecule has 1 aromatic heterocycles. The first-order valence-electron chi connectivity index (χ1n) is 6.78. The van der Waals surface area contributed by atoms with Gasteiger partial charge in [0, 0.05) is 31.4 Å². The number of rotatable bonds is 2. The first-order chi connectivity index (χ1) is 8.66. The van der Waals surface area contributed by atoms with Gasteiger partial charge in [-0.15, -0.1) is 0 Å². The number of hydrogen-bond donors (Lipinski definition) is 1. The van der Waals surface area contributed by atoms with Crippen molar-refractivity contribution in [1.82, 2.24) is 14.7 Å². The first kappa shape index (κ1) is 12.9. The van der Waals surface area contributed by atoms with Crippen LogP contribution in [0.5, 0.6) is 0 Å². The first-order valence-corrected chi connectivity index (χ1v) is 6.78. The lowest BCUT2D eigenvalue weighted by Gasteiger charge is -2.19. The number of nitrogens with one attached hydrogen (secondary N) is 1. The van der Waals surface area contributed by atoms with Crippen molar-refractivity contribution in [3.63, 3.8) is 0 Å². The van der Waals surface area contributed by atoms with E-state index in [-0.39, 0.29) is 6.03 Å². The van der Waals surface area contributed by atoms with E-state index in [4.69, 9.17) is 0 Å². The van der Waals surface area contributed by atoms with Gasteiger partial charge in [-0.1, -0.05) is 12.8 Å². The van der Waals surface area contributed by atoms with Crippen LogP contribution < -0.4 is 5.32 Å². The molecule has 100 valence electrons. The molecule has 2 rings (SSSR count). The summed E-state index contributed by atoms with van der Waals surface area (Å²) in [6, 6.07) is 2.13.